The highest BCUT2D eigenvalue weighted by molar-refractivity contribution is 6.76. The summed E-state index contributed by atoms with van der Waals surface area (Å²) < 4.78 is 0. The van der Waals surface area contributed by atoms with E-state index in [9.17, 15) is 4.79 Å². The molecule has 0 aliphatic carbocycles. The number of benzene rings is 2. The van der Waals surface area contributed by atoms with Gasteiger partial charge in [-0.15, -0.1) is 0 Å². The van der Waals surface area contributed by atoms with Crippen molar-refractivity contribution in [3.8, 4) is 0 Å². The van der Waals surface area contributed by atoms with E-state index in [0.717, 1.165) is 28.4 Å². The summed E-state index contributed by atoms with van der Waals surface area (Å²) in [5.74, 6) is 0.0131. The molecule has 2 rings (SSSR count). The van der Waals surface area contributed by atoms with Crippen LogP contribution in [0.2, 0.25) is 19.6 Å². The Balaban J connectivity index is 2.27. The number of carbonyl (C=O) groups is 1. The minimum atomic E-state index is -1.29. The molecule has 0 atom stereocenters. The lowest BCUT2D eigenvalue weighted by Crippen LogP contribution is -2.40. The highest BCUT2D eigenvalue weighted by Crippen LogP contribution is 2.23. The van der Waals surface area contributed by atoms with Gasteiger partial charge in [0, 0.05) is 11.7 Å². The van der Waals surface area contributed by atoms with Gasteiger partial charge in [0.2, 0.25) is 5.91 Å². The van der Waals surface area contributed by atoms with Crippen LogP contribution in [0.5, 0.6) is 0 Å². The van der Waals surface area contributed by atoms with E-state index < -0.39 is 8.07 Å². The van der Waals surface area contributed by atoms with Crippen molar-refractivity contribution in [2.24, 2.45) is 0 Å². The fourth-order valence-corrected chi connectivity index (χ4v) is 3.05. The summed E-state index contributed by atoms with van der Waals surface area (Å²) in [6, 6.07) is 20.5. The number of hydrogen-bond acceptors (Lipinski definition) is 1. The van der Waals surface area contributed by atoms with Gasteiger partial charge in [-0.2, -0.15) is 0 Å². The highest BCUT2D eigenvalue weighted by atomic mass is 28.3. The number of carbonyl (C=O) groups excluding carboxylic acids is 1. The molecular weight excluding hydrogens is 322 g/mol. The number of hydrogen-bond donors (Lipinski definition) is 1. The standard InChI is InChI=1S/C22H27NOSi/c1-18(22(24)23-17-25(2,3)4)15-16-21(19-11-7-5-8-12-19)20-13-9-6-10-14-20/h5-16H,17H2,1-4H3,(H,23,24)/b18-15-. The molecule has 0 spiro atoms. The molecule has 2 nitrogen and oxygen atoms in total. The summed E-state index contributed by atoms with van der Waals surface area (Å²) in [5.41, 5.74) is 4.11. The quantitative estimate of drug-likeness (QED) is 0.441. The number of amides is 1. The van der Waals surface area contributed by atoms with E-state index in [1.807, 2.05) is 55.5 Å². The normalized spacial score (nSPS) is 11.8. The van der Waals surface area contributed by atoms with E-state index in [1.165, 1.54) is 0 Å². The molecule has 0 saturated carbocycles. The lowest BCUT2D eigenvalue weighted by molar-refractivity contribution is -0.117. The second-order valence-electron chi connectivity index (χ2n) is 7.41. The molecule has 2 aromatic carbocycles. The molecule has 0 aromatic heterocycles. The first-order chi connectivity index (χ1) is 11.9. The molecule has 1 N–H and O–H groups in total. The number of allylic oxidation sites excluding steroid dienone is 2. The van der Waals surface area contributed by atoms with Crippen LogP contribution in [0.15, 0.2) is 78.4 Å². The van der Waals surface area contributed by atoms with Crippen molar-refractivity contribution in [3.63, 3.8) is 0 Å². The monoisotopic (exact) mass is 349 g/mol. The molecular formula is C22H27NOSi. The molecule has 0 unspecified atom stereocenters. The van der Waals surface area contributed by atoms with Gasteiger partial charge < -0.3 is 5.32 Å². The Kier molecular flexibility index (Phi) is 6.54. The summed E-state index contributed by atoms with van der Waals surface area (Å²) >= 11 is 0. The van der Waals surface area contributed by atoms with Gasteiger partial charge in [-0.25, -0.2) is 0 Å². The fourth-order valence-electron chi connectivity index (χ4n) is 2.36. The Morgan fingerprint density at radius 2 is 1.36 bits per heavy atom. The Hall–Kier alpha value is -2.39. The minimum absolute atomic E-state index is 0.0131. The smallest absolute Gasteiger partial charge is 0.246 e. The second-order valence-corrected chi connectivity index (χ2v) is 12.9. The van der Waals surface area contributed by atoms with Gasteiger partial charge in [-0.1, -0.05) is 92.5 Å². The molecule has 0 heterocycles. The van der Waals surface area contributed by atoms with Crippen LogP contribution >= 0.6 is 0 Å². The van der Waals surface area contributed by atoms with Crippen LogP contribution < -0.4 is 5.32 Å². The van der Waals surface area contributed by atoms with Gasteiger partial charge in [-0.3, -0.25) is 4.79 Å². The maximum atomic E-state index is 12.3. The number of nitrogens with one attached hydrogen (secondary N) is 1. The third-order valence-electron chi connectivity index (χ3n) is 3.81. The molecule has 3 heteroatoms. The predicted octanol–water partition coefficient (Wildman–Crippen LogP) is 5.06. The van der Waals surface area contributed by atoms with Crippen molar-refractivity contribution in [1.29, 1.82) is 0 Å². The lowest BCUT2D eigenvalue weighted by atomic mass is 9.97. The Bertz CT molecular complexity index is 714. The first-order valence-corrected chi connectivity index (χ1v) is 12.4. The molecule has 2 aromatic rings. The van der Waals surface area contributed by atoms with Crippen LogP contribution in [0.3, 0.4) is 0 Å². The number of rotatable bonds is 6. The first-order valence-electron chi connectivity index (χ1n) is 8.64. The zero-order valence-electron chi connectivity index (χ0n) is 15.5. The van der Waals surface area contributed by atoms with Crippen molar-refractivity contribution in [1.82, 2.24) is 5.32 Å². The summed E-state index contributed by atoms with van der Waals surface area (Å²) in [5, 5.41) is 3.05. The molecule has 1 amide bonds. The molecule has 130 valence electrons. The molecule has 0 fully saturated rings. The van der Waals surface area contributed by atoms with Crippen LogP contribution in [0.1, 0.15) is 18.1 Å². The van der Waals surface area contributed by atoms with E-state index in [-0.39, 0.29) is 5.91 Å². The molecule has 0 aliphatic heterocycles. The summed E-state index contributed by atoms with van der Waals surface area (Å²) in [7, 11) is -1.29. The van der Waals surface area contributed by atoms with Crippen LogP contribution in [0, 0.1) is 0 Å². The zero-order chi connectivity index (χ0) is 18.3. The van der Waals surface area contributed by atoms with E-state index in [4.69, 9.17) is 0 Å². The third-order valence-corrected chi connectivity index (χ3v) is 5.04. The fraction of sp³-hybridized carbons (Fsp3) is 0.227. The topological polar surface area (TPSA) is 29.1 Å². The van der Waals surface area contributed by atoms with Crippen LogP contribution in [-0.2, 0) is 4.79 Å². The Morgan fingerprint density at radius 1 is 0.880 bits per heavy atom. The van der Waals surface area contributed by atoms with Gasteiger partial charge in [0.05, 0.1) is 8.07 Å². The zero-order valence-corrected chi connectivity index (χ0v) is 16.5. The average Bonchev–Trinajstić information content (AvgIpc) is 2.61. The van der Waals surface area contributed by atoms with E-state index >= 15 is 0 Å². The van der Waals surface area contributed by atoms with Crippen molar-refractivity contribution >= 4 is 19.6 Å². The summed E-state index contributed by atoms with van der Waals surface area (Å²) in [6.45, 7) is 8.60. The van der Waals surface area contributed by atoms with Gasteiger partial charge in [-0.05, 0) is 23.6 Å². The van der Waals surface area contributed by atoms with Crippen molar-refractivity contribution in [3.05, 3.63) is 89.5 Å². The minimum Gasteiger partial charge on any atom is -0.355 e. The van der Waals surface area contributed by atoms with E-state index in [0.29, 0.717) is 0 Å². The average molecular weight is 350 g/mol. The molecule has 0 saturated heterocycles. The third kappa shape index (κ3) is 6.20. The van der Waals surface area contributed by atoms with Crippen LogP contribution in [0.4, 0.5) is 0 Å². The van der Waals surface area contributed by atoms with Gasteiger partial charge in [0.1, 0.15) is 0 Å². The molecule has 0 bridgehead atoms. The lowest BCUT2D eigenvalue weighted by Gasteiger charge is -2.16. The van der Waals surface area contributed by atoms with Gasteiger partial charge in [0.15, 0.2) is 0 Å². The maximum absolute atomic E-state index is 12.3. The van der Waals surface area contributed by atoms with E-state index in [2.05, 4.69) is 49.2 Å². The molecule has 0 radical (unpaired) electrons. The predicted molar refractivity (Wildman–Crippen MR) is 110 cm³/mol. The van der Waals surface area contributed by atoms with Crippen molar-refractivity contribution in [2.45, 2.75) is 26.6 Å². The maximum Gasteiger partial charge on any atom is 0.246 e. The summed E-state index contributed by atoms with van der Waals surface area (Å²) in [6.07, 6.45) is 4.74. The largest absolute Gasteiger partial charge is 0.355 e. The van der Waals surface area contributed by atoms with E-state index in [1.54, 1.807) is 0 Å². The molecule has 25 heavy (non-hydrogen) atoms. The Morgan fingerprint density at radius 3 is 1.80 bits per heavy atom. The van der Waals surface area contributed by atoms with Gasteiger partial charge >= 0.3 is 0 Å². The molecule has 0 aliphatic rings. The summed E-state index contributed by atoms with van der Waals surface area (Å²) in [4.78, 5) is 12.3. The SMILES string of the molecule is C/C(=C/C=C(c1ccccc1)c1ccccc1)C(=O)NC[Si](C)(C)C. The Labute approximate surface area is 152 Å². The van der Waals surface area contributed by atoms with Crippen LogP contribution in [-0.4, -0.2) is 20.1 Å². The van der Waals surface area contributed by atoms with Crippen molar-refractivity contribution in [2.75, 3.05) is 6.17 Å². The highest BCUT2D eigenvalue weighted by Gasteiger charge is 2.14. The van der Waals surface area contributed by atoms with Gasteiger partial charge in [0.25, 0.3) is 0 Å². The van der Waals surface area contributed by atoms with Crippen molar-refractivity contribution < 1.29 is 4.79 Å². The second kappa shape index (κ2) is 8.63. The van der Waals surface area contributed by atoms with Crippen LogP contribution in [0.25, 0.3) is 5.57 Å². The first kappa shape index (κ1) is 18.9.